The quantitative estimate of drug-likeness (QED) is 0.474. The van der Waals surface area contributed by atoms with E-state index in [9.17, 15) is 19.8 Å². The Hall–Kier alpha value is -1.72. The van der Waals surface area contributed by atoms with Crippen molar-refractivity contribution in [1.82, 2.24) is 10.3 Å². The van der Waals surface area contributed by atoms with Gasteiger partial charge in [0.05, 0.1) is 65.2 Å². The van der Waals surface area contributed by atoms with Crippen LogP contribution in [0.25, 0.3) is 6.08 Å². The molecule has 3 N–H and O–H groups in total. The fourth-order valence-corrected chi connectivity index (χ4v) is 7.05. The number of aromatic nitrogens is 1. The van der Waals surface area contributed by atoms with Gasteiger partial charge in [-0.1, -0.05) is 19.8 Å². The first-order valence-corrected chi connectivity index (χ1v) is 15.2. The third-order valence-electron chi connectivity index (χ3n) is 9.41. The van der Waals surface area contributed by atoms with Gasteiger partial charge in [0.1, 0.15) is 11.6 Å². The van der Waals surface area contributed by atoms with Gasteiger partial charge in [-0.3, -0.25) is 9.59 Å². The highest BCUT2D eigenvalue weighted by molar-refractivity contribution is 7.09. The van der Waals surface area contributed by atoms with Crippen LogP contribution in [0, 0.1) is 24.2 Å². The fourth-order valence-electron chi connectivity index (χ4n) is 6.48. The SMILES string of the molecule is Cc1nc(C=C(F)[C@@H]2CC3OC3(C)CCC[C@H](C)[C@@H](O)[C@@H](CC3CO3)C(=O)C3(CCC3)[C@@H](O)CC(=O)N2)cs1. The first kappa shape index (κ1) is 28.8. The minimum atomic E-state index is -1.21. The average Bonchev–Trinajstić information content (AvgIpc) is 3.74. The van der Waals surface area contributed by atoms with Gasteiger partial charge in [0.15, 0.2) is 0 Å². The van der Waals surface area contributed by atoms with Gasteiger partial charge in [-0.2, -0.15) is 0 Å². The van der Waals surface area contributed by atoms with Gasteiger partial charge in [-0.05, 0) is 57.9 Å². The van der Waals surface area contributed by atoms with E-state index in [0.717, 1.165) is 30.7 Å². The Labute approximate surface area is 233 Å². The lowest BCUT2D eigenvalue weighted by Gasteiger charge is -2.46. The number of hydrogen-bond donors (Lipinski definition) is 3. The molecule has 1 aromatic heterocycles. The minimum Gasteiger partial charge on any atom is -0.392 e. The van der Waals surface area contributed by atoms with Gasteiger partial charge in [-0.15, -0.1) is 11.3 Å². The smallest absolute Gasteiger partial charge is 0.223 e. The number of nitrogens with one attached hydrogen (secondary N) is 1. The maximum Gasteiger partial charge on any atom is 0.223 e. The second-order valence-electron chi connectivity index (χ2n) is 12.3. The van der Waals surface area contributed by atoms with Gasteiger partial charge >= 0.3 is 0 Å². The Kier molecular flexibility index (Phi) is 8.33. The van der Waals surface area contributed by atoms with Gasteiger partial charge < -0.3 is 25.0 Å². The van der Waals surface area contributed by atoms with E-state index in [4.69, 9.17) is 9.47 Å². The minimum absolute atomic E-state index is 0.0551. The molecule has 4 heterocycles. The van der Waals surface area contributed by atoms with Crippen molar-refractivity contribution in [3.63, 3.8) is 0 Å². The van der Waals surface area contributed by atoms with Gasteiger partial charge in [-0.25, -0.2) is 9.37 Å². The standard InChI is InChI=1S/C29H41FN2O6S/c1-16-6-4-7-28(3)24(38-28)12-22(21(30)10-18-15-39-17(2)31-18)32-25(34)13-23(33)29(8-5-9-29)27(36)20(26(16)35)11-19-14-37-19/h10,15-16,19-20,22-24,26,33,35H,4-9,11-14H2,1-3H3,(H,32,34)/t16-,19?,20+,22-,23-,24?,26+,28?/m0/s1. The number of aliphatic hydroxyl groups excluding tert-OH is 2. The van der Waals surface area contributed by atoms with Crippen LogP contribution in [-0.4, -0.2) is 69.6 Å². The number of carbonyl (C=O) groups excluding carboxylic acids is 2. The van der Waals surface area contributed by atoms with Crippen LogP contribution in [0.15, 0.2) is 11.2 Å². The number of ketones is 1. The van der Waals surface area contributed by atoms with Crippen LogP contribution in [0.5, 0.6) is 0 Å². The van der Waals surface area contributed by atoms with Crippen LogP contribution in [0.4, 0.5) is 4.39 Å². The molecule has 8 nitrogen and oxygen atoms in total. The summed E-state index contributed by atoms with van der Waals surface area (Å²) in [4.78, 5) is 31.4. The second-order valence-corrected chi connectivity index (χ2v) is 13.4. The zero-order chi connectivity index (χ0) is 27.9. The van der Waals surface area contributed by atoms with E-state index in [-0.39, 0.29) is 36.8 Å². The third kappa shape index (κ3) is 6.30. The Morgan fingerprint density at radius 1 is 1.28 bits per heavy atom. The summed E-state index contributed by atoms with van der Waals surface area (Å²) >= 11 is 1.42. The highest BCUT2D eigenvalue weighted by atomic mass is 32.1. The number of hydrogen-bond acceptors (Lipinski definition) is 8. The zero-order valence-corrected chi connectivity index (χ0v) is 23.8. The number of nitrogens with zero attached hydrogens (tertiary/aromatic N) is 1. The molecule has 0 radical (unpaired) electrons. The number of amides is 1. The largest absolute Gasteiger partial charge is 0.392 e. The second kappa shape index (κ2) is 11.3. The summed E-state index contributed by atoms with van der Waals surface area (Å²) in [6, 6.07) is -0.931. The first-order valence-electron chi connectivity index (χ1n) is 14.3. The number of fused-ring (bicyclic) bond motifs is 1. The topological polar surface area (TPSA) is 125 Å². The van der Waals surface area contributed by atoms with Crippen molar-refractivity contribution in [3.8, 4) is 0 Å². The van der Waals surface area contributed by atoms with Crippen molar-refractivity contribution in [2.45, 2.75) is 115 Å². The van der Waals surface area contributed by atoms with Crippen LogP contribution in [-0.2, 0) is 19.1 Å². The van der Waals surface area contributed by atoms with E-state index in [2.05, 4.69) is 10.3 Å². The molecule has 3 unspecified atom stereocenters. The lowest BCUT2D eigenvalue weighted by Crippen LogP contribution is -2.54. The maximum absolute atomic E-state index is 15.5. The summed E-state index contributed by atoms with van der Waals surface area (Å²) in [5, 5.41) is 28.0. The number of aryl methyl sites for hydroxylation is 1. The molecule has 1 saturated carbocycles. The third-order valence-corrected chi connectivity index (χ3v) is 10.2. The summed E-state index contributed by atoms with van der Waals surface area (Å²) in [6.07, 6.45) is 3.31. The highest BCUT2D eigenvalue weighted by Gasteiger charge is 2.55. The number of aliphatic hydroxyl groups is 2. The maximum atomic E-state index is 15.5. The fraction of sp³-hybridized carbons (Fsp3) is 0.759. The molecule has 8 atom stereocenters. The van der Waals surface area contributed by atoms with Crippen LogP contribution < -0.4 is 5.32 Å². The van der Waals surface area contributed by atoms with Gasteiger partial charge in [0, 0.05) is 17.7 Å². The number of thiazole rings is 1. The summed E-state index contributed by atoms with van der Waals surface area (Å²) < 4.78 is 26.9. The van der Waals surface area contributed by atoms with E-state index in [0.29, 0.717) is 31.6 Å². The predicted molar refractivity (Wildman–Crippen MR) is 145 cm³/mol. The Morgan fingerprint density at radius 3 is 2.64 bits per heavy atom. The molecule has 1 aromatic rings. The van der Waals surface area contributed by atoms with Crippen LogP contribution in [0.1, 0.15) is 82.3 Å². The van der Waals surface area contributed by atoms with Crippen molar-refractivity contribution < 1.29 is 33.7 Å². The van der Waals surface area contributed by atoms with Crippen molar-refractivity contribution in [1.29, 1.82) is 0 Å². The monoisotopic (exact) mass is 564 g/mol. The number of halogens is 1. The molecule has 4 fully saturated rings. The molecule has 39 heavy (non-hydrogen) atoms. The van der Waals surface area contributed by atoms with Crippen molar-refractivity contribution in [2.24, 2.45) is 17.3 Å². The zero-order valence-electron chi connectivity index (χ0n) is 23.0. The molecular formula is C29H41FN2O6S. The van der Waals surface area contributed by atoms with Crippen LogP contribution in [0.2, 0.25) is 0 Å². The summed E-state index contributed by atoms with van der Waals surface area (Å²) in [6.45, 7) is 6.37. The van der Waals surface area contributed by atoms with E-state index < -0.39 is 46.9 Å². The molecule has 0 bridgehead atoms. The van der Waals surface area contributed by atoms with Gasteiger partial charge in [0.2, 0.25) is 5.91 Å². The predicted octanol–water partition coefficient (Wildman–Crippen LogP) is 3.87. The Morgan fingerprint density at radius 2 is 2.03 bits per heavy atom. The number of rotatable bonds is 4. The highest BCUT2D eigenvalue weighted by Crippen LogP contribution is 2.50. The van der Waals surface area contributed by atoms with E-state index in [1.54, 1.807) is 5.38 Å². The van der Waals surface area contributed by atoms with Crippen molar-refractivity contribution >= 4 is 29.1 Å². The molecular weight excluding hydrogens is 523 g/mol. The molecule has 216 valence electrons. The molecule has 1 spiro atoms. The lowest BCUT2D eigenvalue weighted by molar-refractivity contribution is -0.156. The molecule has 1 amide bonds. The Balaban J connectivity index is 1.40. The van der Waals surface area contributed by atoms with E-state index in [1.807, 2.05) is 20.8 Å². The normalized spacial score (nSPS) is 39.5. The molecule has 0 aromatic carbocycles. The average molecular weight is 565 g/mol. The summed E-state index contributed by atoms with van der Waals surface area (Å²) in [5.74, 6) is -1.99. The molecule has 1 aliphatic carbocycles. The Bertz CT molecular complexity index is 1100. The number of Topliss-reactive ketones (excluding diaryl/α,β-unsaturated/α-hetero) is 1. The van der Waals surface area contributed by atoms with Crippen LogP contribution >= 0.6 is 11.3 Å². The van der Waals surface area contributed by atoms with Crippen molar-refractivity contribution in [2.75, 3.05) is 6.61 Å². The van der Waals surface area contributed by atoms with Crippen molar-refractivity contribution in [3.05, 3.63) is 21.9 Å². The van der Waals surface area contributed by atoms with Crippen LogP contribution in [0.3, 0.4) is 0 Å². The molecule has 3 aliphatic heterocycles. The van der Waals surface area contributed by atoms with E-state index in [1.165, 1.54) is 17.4 Å². The molecule has 5 rings (SSSR count). The number of ether oxygens (including phenoxy) is 2. The number of epoxide rings is 2. The summed E-state index contributed by atoms with van der Waals surface area (Å²) in [5.41, 5.74) is -1.02. The summed E-state index contributed by atoms with van der Waals surface area (Å²) in [7, 11) is 0. The molecule has 4 aliphatic rings. The van der Waals surface area contributed by atoms with E-state index >= 15 is 4.39 Å². The molecule has 3 saturated heterocycles. The lowest BCUT2D eigenvalue weighted by atomic mass is 9.58. The first-order chi connectivity index (χ1) is 18.5. The van der Waals surface area contributed by atoms with Gasteiger partial charge in [0.25, 0.3) is 0 Å². The number of carbonyl (C=O) groups is 2. The molecule has 10 heteroatoms.